The lowest BCUT2D eigenvalue weighted by molar-refractivity contribution is 0.0699. The average molecular weight is 228 g/mol. The van der Waals surface area contributed by atoms with Gasteiger partial charge in [-0.3, -0.25) is 0 Å². The van der Waals surface area contributed by atoms with E-state index in [4.69, 9.17) is 5.11 Å². The third kappa shape index (κ3) is 3.61. The molecule has 2 rings (SSSR count). The highest BCUT2D eigenvalue weighted by Gasteiger charge is 2.05. The van der Waals surface area contributed by atoms with Crippen LogP contribution in [-0.4, -0.2) is 11.1 Å². The fourth-order valence-corrected chi connectivity index (χ4v) is 1.41. The number of rotatable bonds is 1. The van der Waals surface area contributed by atoms with Crippen molar-refractivity contribution in [1.82, 2.24) is 0 Å². The summed E-state index contributed by atoms with van der Waals surface area (Å²) in [5, 5.41) is 10.6. The Balaban J connectivity index is 0.000000581. The second-order valence-electron chi connectivity index (χ2n) is 2.83. The molecule has 0 spiro atoms. The maximum absolute atomic E-state index is 10.8. The Hall–Kier alpha value is -2.35. The van der Waals surface area contributed by atoms with Crippen LogP contribution in [0.1, 0.15) is 10.4 Å². The first kappa shape index (κ1) is 14.6. The van der Waals surface area contributed by atoms with Gasteiger partial charge in [-0.05, 0) is 16.8 Å². The van der Waals surface area contributed by atoms with Crippen molar-refractivity contribution in [3.63, 3.8) is 0 Å². The molecule has 0 aliphatic rings. The molecule has 0 unspecified atom stereocenters. The molecule has 1 N–H and O–H groups in total. The smallest absolute Gasteiger partial charge is 0.336 e. The van der Waals surface area contributed by atoms with Gasteiger partial charge in [0.25, 0.3) is 0 Å². The number of hydrogen-bond donors (Lipinski definition) is 1. The Bertz CT molecular complexity index is 482. The van der Waals surface area contributed by atoms with E-state index in [9.17, 15) is 4.79 Å². The summed E-state index contributed by atoms with van der Waals surface area (Å²) in [7, 11) is 0. The molecular weight excluding hydrogens is 212 g/mol. The minimum atomic E-state index is -0.878. The lowest BCUT2D eigenvalue weighted by Gasteiger charge is -2.00. The summed E-state index contributed by atoms with van der Waals surface area (Å²) in [6.07, 6.45) is 0. The van der Waals surface area contributed by atoms with Crippen LogP contribution < -0.4 is 0 Å². The van der Waals surface area contributed by atoms with E-state index >= 15 is 0 Å². The zero-order chi connectivity index (χ0) is 13.3. The number of carboxylic acids is 1. The van der Waals surface area contributed by atoms with Gasteiger partial charge in [0, 0.05) is 0 Å². The van der Waals surface area contributed by atoms with Crippen molar-refractivity contribution in [3.8, 4) is 0 Å². The van der Waals surface area contributed by atoms with Gasteiger partial charge in [0.05, 0.1) is 5.56 Å². The normalized spacial score (nSPS) is 8.24. The molecule has 0 aromatic heterocycles. The molecule has 0 aliphatic carbocycles. The van der Waals surface area contributed by atoms with Crippen LogP contribution in [-0.2, 0) is 0 Å². The highest BCUT2D eigenvalue weighted by atomic mass is 16.4. The van der Waals surface area contributed by atoms with Crippen molar-refractivity contribution in [2.75, 3.05) is 0 Å². The van der Waals surface area contributed by atoms with E-state index in [0.29, 0.717) is 5.56 Å². The number of carboxylic acid groups (broad SMARTS) is 1. The molecule has 2 aromatic carbocycles. The third-order valence-electron chi connectivity index (χ3n) is 2.02. The van der Waals surface area contributed by atoms with E-state index in [0.717, 1.165) is 10.8 Å². The van der Waals surface area contributed by atoms with Crippen LogP contribution in [0.2, 0.25) is 0 Å². The van der Waals surface area contributed by atoms with Crippen LogP contribution in [0.25, 0.3) is 10.8 Å². The Morgan fingerprint density at radius 2 is 1.41 bits per heavy atom. The van der Waals surface area contributed by atoms with E-state index < -0.39 is 5.97 Å². The Morgan fingerprint density at radius 1 is 0.882 bits per heavy atom. The Morgan fingerprint density at radius 3 is 2.00 bits per heavy atom. The van der Waals surface area contributed by atoms with Crippen LogP contribution >= 0.6 is 0 Å². The van der Waals surface area contributed by atoms with E-state index in [1.54, 1.807) is 12.1 Å². The van der Waals surface area contributed by atoms with E-state index in [2.05, 4.69) is 26.3 Å². The standard InChI is InChI=1S/C11H8O2.2C2H4/c12-11(13)10-7-3-5-8-4-1-2-6-9(8)10;2*1-2/h1-7H,(H,12,13);2*1-2H2. The summed E-state index contributed by atoms with van der Waals surface area (Å²) in [5.41, 5.74) is 0.359. The van der Waals surface area contributed by atoms with E-state index in [-0.39, 0.29) is 0 Å². The monoisotopic (exact) mass is 228 g/mol. The number of fused-ring (bicyclic) bond motifs is 1. The molecule has 0 saturated carbocycles. The van der Waals surface area contributed by atoms with Crippen LogP contribution in [0.4, 0.5) is 0 Å². The number of aromatic carboxylic acids is 1. The van der Waals surface area contributed by atoms with Gasteiger partial charge in [0.1, 0.15) is 0 Å². The fraction of sp³-hybridized carbons (Fsp3) is 0. The number of hydrogen-bond acceptors (Lipinski definition) is 1. The largest absolute Gasteiger partial charge is 0.478 e. The Kier molecular flexibility index (Phi) is 6.79. The summed E-state index contributed by atoms with van der Waals surface area (Å²) >= 11 is 0. The molecule has 2 heteroatoms. The lowest BCUT2D eigenvalue weighted by Crippen LogP contribution is -1.96. The number of benzene rings is 2. The van der Waals surface area contributed by atoms with E-state index in [1.807, 2.05) is 30.3 Å². The van der Waals surface area contributed by atoms with Crippen LogP contribution in [0.5, 0.6) is 0 Å². The zero-order valence-electron chi connectivity index (χ0n) is 9.73. The molecule has 0 fully saturated rings. The van der Waals surface area contributed by atoms with Gasteiger partial charge < -0.3 is 5.11 Å². The summed E-state index contributed by atoms with van der Waals surface area (Å²) in [5.74, 6) is -0.878. The average Bonchev–Trinajstić information content (AvgIpc) is 2.42. The maximum Gasteiger partial charge on any atom is 0.336 e. The minimum absolute atomic E-state index is 0.359. The van der Waals surface area contributed by atoms with Crippen LogP contribution in [0.15, 0.2) is 68.8 Å². The van der Waals surface area contributed by atoms with Gasteiger partial charge in [-0.2, -0.15) is 0 Å². The molecule has 0 saturated heterocycles. The molecule has 0 amide bonds. The lowest BCUT2D eigenvalue weighted by atomic mass is 10.1. The molecular formula is C15H16O2. The van der Waals surface area contributed by atoms with Crippen molar-refractivity contribution in [2.24, 2.45) is 0 Å². The molecule has 2 aromatic rings. The summed E-state index contributed by atoms with van der Waals surface area (Å²) in [6.45, 7) is 12.0. The van der Waals surface area contributed by atoms with Crippen molar-refractivity contribution in [2.45, 2.75) is 0 Å². The van der Waals surface area contributed by atoms with Crippen molar-refractivity contribution in [3.05, 3.63) is 74.3 Å². The predicted octanol–water partition coefficient (Wildman–Crippen LogP) is 4.14. The van der Waals surface area contributed by atoms with Gasteiger partial charge >= 0.3 is 5.97 Å². The van der Waals surface area contributed by atoms with Crippen LogP contribution in [0, 0.1) is 0 Å². The number of carbonyl (C=O) groups is 1. The van der Waals surface area contributed by atoms with Gasteiger partial charge in [0.15, 0.2) is 0 Å². The molecule has 2 nitrogen and oxygen atoms in total. The van der Waals surface area contributed by atoms with Crippen molar-refractivity contribution >= 4 is 16.7 Å². The van der Waals surface area contributed by atoms with Crippen LogP contribution in [0.3, 0.4) is 0 Å². The Labute approximate surface area is 102 Å². The molecule has 0 aliphatic heterocycles. The molecule has 0 heterocycles. The predicted molar refractivity (Wildman–Crippen MR) is 73.4 cm³/mol. The second-order valence-corrected chi connectivity index (χ2v) is 2.83. The van der Waals surface area contributed by atoms with Gasteiger partial charge in [-0.15, -0.1) is 26.3 Å². The van der Waals surface area contributed by atoms with Crippen molar-refractivity contribution < 1.29 is 9.90 Å². The highest BCUT2D eigenvalue weighted by Crippen LogP contribution is 2.17. The van der Waals surface area contributed by atoms with Gasteiger partial charge in [-0.25, -0.2) is 4.79 Å². The summed E-state index contributed by atoms with van der Waals surface area (Å²) in [4.78, 5) is 10.8. The second kappa shape index (κ2) is 7.88. The first-order chi connectivity index (χ1) is 8.29. The summed E-state index contributed by atoms with van der Waals surface area (Å²) in [6, 6.07) is 12.7. The molecule has 0 bridgehead atoms. The molecule has 88 valence electrons. The van der Waals surface area contributed by atoms with Gasteiger partial charge in [-0.1, -0.05) is 36.4 Å². The molecule has 0 atom stereocenters. The quantitative estimate of drug-likeness (QED) is 0.745. The van der Waals surface area contributed by atoms with E-state index in [1.165, 1.54) is 0 Å². The first-order valence-corrected chi connectivity index (χ1v) is 5.00. The maximum atomic E-state index is 10.8. The zero-order valence-corrected chi connectivity index (χ0v) is 9.73. The molecule has 0 radical (unpaired) electrons. The fourth-order valence-electron chi connectivity index (χ4n) is 1.41. The first-order valence-electron chi connectivity index (χ1n) is 5.00. The summed E-state index contributed by atoms with van der Waals surface area (Å²) < 4.78 is 0. The van der Waals surface area contributed by atoms with Gasteiger partial charge in [0.2, 0.25) is 0 Å². The SMILES string of the molecule is C=C.C=C.O=C(O)c1cccc2ccccc12. The molecule has 17 heavy (non-hydrogen) atoms. The van der Waals surface area contributed by atoms with Crippen molar-refractivity contribution in [1.29, 1.82) is 0 Å². The third-order valence-corrected chi connectivity index (χ3v) is 2.02. The topological polar surface area (TPSA) is 37.3 Å². The highest BCUT2D eigenvalue weighted by molar-refractivity contribution is 6.03. The minimum Gasteiger partial charge on any atom is -0.478 e.